The van der Waals surface area contributed by atoms with Gasteiger partial charge in [-0.05, 0) is 56.4 Å². The topological polar surface area (TPSA) is 93.7 Å². The van der Waals surface area contributed by atoms with Crippen LogP contribution in [0.2, 0.25) is 0 Å². The monoisotopic (exact) mass is 404 g/mol. The van der Waals surface area contributed by atoms with Crippen molar-refractivity contribution >= 4 is 17.8 Å². The predicted octanol–water partition coefficient (Wildman–Crippen LogP) is 2.69. The Hall–Kier alpha value is -2.57. The first-order valence-electron chi connectivity index (χ1n) is 10.3. The zero-order chi connectivity index (χ0) is 21.4. The van der Waals surface area contributed by atoms with Crippen LogP contribution in [-0.2, 0) is 14.3 Å². The fraction of sp³-hybridized carbons (Fsp3) is 0.591. The molecule has 4 atom stereocenters. The molecule has 2 amide bonds. The first-order chi connectivity index (χ1) is 13.8. The molecule has 0 saturated heterocycles. The number of carbonyl (C=O) groups is 3. The molecule has 1 aromatic rings. The maximum Gasteiger partial charge on any atom is 0.326 e. The van der Waals surface area contributed by atoms with Crippen LogP contribution in [0.25, 0.3) is 0 Å². The van der Waals surface area contributed by atoms with E-state index in [0.717, 1.165) is 12.8 Å². The van der Waals surface area contributed by atoms with Gasteiger partial charge in [0.15, 0.2) is 6.10 Å². The van der Waals surface area contributed by atoms with E-state index in [0.29, 0.717) is 29.8 Å². The number of hydrogen-bond donors (Lipinski definition) is 2. The lowest BCUT2D eigenvalue weighted by Crippen LogP contribution is -2.48. The minimum atomic E-state index is -0.908. The lowest BCUT2D eigenvalue weighted by Gasteiger charge is -2.35. The van der Waals surface area contributed by atoms with Crippen LogP contribution in [-0.4, -0.2) is 43.1 Å². The molecule has 1 saturated carbocycles. The van der Waals surface area contributed by atoms with Crippen molar-refractivity contribution in [3.05, 3.63) is 29.8 Å². The number of rotatable bonds is 8. The minimum Gasteiger partial charge on any atom is -0.494 e. The van der Waals surface area contributed by atoms with Crippen molar-refractivity contribution in [2.45, 2.75) is 59.1 Å². The summed E-state index contributed by atoms with van der Waals surface area (Å²) in [5.41, 5.74) is 0.410. The highest BCUT2D eigenvalue weighted by Gasteiger charge is 2.30. The lowest BCUT2D eigenvalue weighted by atomic mass is 9.78. The van der Waals surface area contributed by atoms with Crippen LogP contribution in [0, 0.1) is 11.8 Å². The van der Waals surface area contributed by atoms with Crippen LogP contribution in [0.3, 0.4) is 0 Å². The second kappa shape index (κ2) is 10.8. The summed E-state index contributed by atoms with van der Waals surface area (Å²) in [6.07, 6.45) is 2.29. The Balaban J connectivity index is 1.76. The van der Waals surface area contributed by atoms with E-state index in [2.05, 4.69) is 24.5 Å². The van der Waals surface area contributed by atoms with Gasteiger partial charge in [-0.2, -0.15) is 0 Å². The number of benzene rings is 1. The molecule has 0 aliphatic heterocycles. The number of esters is 1. The summed E-state index contributed by atoms with van der Waals surface area (Å²) >= 11 is 0. The molecule has 160 valence electrons. The van der Waals surface area contributed by atoms with Gasteiger partial charge < -0.3 is 20.1 Å². The van der Waals surface area contributed by atoms with Crippen LogP contribution < -0.4 is 15.4 Å². The van der Waals surface area contributed by atoms with Crippen molar-refractivity contribution in [3.63, 3.8) is 0 Å². The summed E-state index contributed by atoms with van der Waals surface area (Å²) in [7, 11) is 0. The molecule has 1 aliphatic carbocycles. The molecule has 0 bridgehead atoms. The van der Waals surface area contributed by atoms with Gasteiger partial charge in [-0.25, -0.2) is 0 Å². The average molecular weight is 405 g/mol. The van der Waals surface area contributed by atoms with Crippen molar-refractivity contribution in [2.24, 2.45) is 11.8 Å². The Morgan fingerprint density at radius 2 is 1.83 bits per heavy atom. The molecule has 7 nitrogen and oxygen atoms in total. The van der Waals surface area contributed by atoms with E-state index in [1.54, 1.807) is 31.2 Å². The van der Waals surface area contributed by atoms with E-state index in [9.17, 15) is 14.4 Å². The SMILES string of the molecule is CCOc1ccc(C(=O)NCC(=O)O[C@@H](C)C(=O)N[C@H]2CCC[C@H](C)[C@@H]2C)cc1. The van der Waals surface area contributed by atoms with Crippen LogP contribution in [0.1, 0.15) is 57.3 Å². The third kappa shape index (κ3) is 6.76. The Kier molecular flexibility index (Phi) is 8.49. The van der Waals surface area contributed by atoms with Gasteiger partial charge in [0.05, 0.1) is 6.61 Å². The van der Waals surface area contributed by atoms with E-state index in [4.69, 9.17) is 9.47 Å². The number of nitrogens with one attached hydrogen (secondary N) is 2. The van der Waals surface area contributed by atoms with Gasteiger partial charge in [-0.15, -0.1) is 0 Å². The van der Waals surface area contributed by atoms with Crippen molar-refractivity contribution < 1.29 is 23.9 Å². The molecule has 1 aliphatic rings. The van der Waals surface area contributed by atoms with Crippen LogP contribution in [0.5, 0.6) is 5.75 Å². The summed E-state index contributed by atoms with van der Waals surface area (Å²) < 4.78 is 10.5. The minimum absolute atomic E-state index is 0.103. The second-order valence-corrected chi connectivity index (χ2v) is 7.65. The van der Waals surface area contributed by atoms with E-state index >= 15 is 0 Å². The Bertz CT molecular complexity index is 704. The maximum atomic E-state index is 12.4. The van der Waals surface area contributed by atoms with E-state index in [-0.39, 0.29) is 18.5 Å². The number of hydrogen-bond acceptors (Lipinski definition) is 5. The number of amides is 2. The molecule has 0 radical (unpaired) electrons. The summed E-state index contributed by atoms with van der Waals surface area (Å²) in [5, 5.41) is 5.50. The van der Waals surface area contributed by atoms with Crippen LogP contribution in [0.4, 0.5) is 0 Å². The lowest BCUT2D eigenvalue weighted by molar-refractivity contribution is -0.154. The Morgan fingerprint density at radius 1 is 1.14 bits per heavy atom. The van der Waals surface area contributed by atoms with Gasteiger partial charge in [0, 0.05) is 11.6 Å². The zero-order valence-electron chi connectivity index (χ0n) is 17.7. The molecule has 2 rings (SSSR count). The van der Waals surface area contributed by atoms with Crippen molar-refractivity contribution in [3.8, 4) is 5.75 Å². The van der Waals surface area contributed by atoms with Crippen molar-refractivity contribution in [1.29, 1.82) is 0 Å². The summed E-state index contributed by atoms with van der Waals surface area (Å²) in [6.45, 7) is 7.99. The number of carbonyl (C=O) groups excluding carboxylic acids is 3. The highest BCUT2D eigenvalue weighted by Crippen LogP contribution is 2.29. The van der Waals surface area contributed by atoms with E-state index in [1.165, 1.54) is 6.42 Å². The van der Waals surface area contributed by atoms with Gasteiger partial charge in [-0.1, -0.05) is 26.7 Å². The largest absolute Gasteiger partial charge is 0.494 e. The standard InChI is InChI=1S/C22H32N2O5/c1-5-28-18-11-9-17(10-12-18)22(27)23-13-20(25)29-16(4)21(26)24-19-8-6-7-14(2)15(19)3/h9-12,14-16,19H,5-8,13H2,1-4H3,(H,23,27)(H,24,26)/t14-,15-,16-,19-/m0/s1. The normalized spacial score (nSPS) is 22.3. The van der Waals surface area contributed by atoms with Crippen molar-refractivity contribution in [2.75, 3.05) is 13.2 Å². The van der Waals surface area contributed by atoms with Gasteiger partial charge >= 0.3 is 5.97 Å². The molecule has 0 unspecified atom stereocenters. The highest BCUT2D eigenvalue weighted by atomic mass is 16.5. The molecule has 29 heavy (non-hydrogen) atoms. The van der Waals surface area contributed by atoms with Gasteiger partial charge in [0.1, 0.15) is 12.3 Å². The molecule has 0 spiro atoms. The predicted molar refractivity (Wildman–Crippen MR) is 110 cm³/mol. The zero-order valence-corrected chi connectivity index (χ0v) is 17.7. The highest BCUT2D eigenvalue weighted by molar-refractivity contribution is 5.96. The third-order valence-corrected chi connectivity index (χ3v) is 5.53. The van der Waals surface area contributed by atoms with Crippen LogP contribution in [0.15, 0.2) is 24.3 Å². The number of ether oxygens (including phenoxy) is 2. The fourth-order valence-corrected chi connectivity index (χ4v) is 3.50. The first kappa shape index (κ1) is 22.7. The van der Waals surface area contributed by atoms with Crippen LogP contribution >= 0.6 is 0 Å². The summed E-state index contributed by atoms with van der Waals surface area (Å²) in [6, 6.07) is 6.72. The molecule has 7 heteroatoms. The first-order valence-corrected chi connectivity index (χ1v) is 10.3. The Labute approximate surface area is 172 Å². The maximum absolute atomic E-state index is 12.4. The molecule has 1 aromatic carbocycles. The molecular weight excluding hydrogens is 372 g/mol. The quantitative estimate of drug-likeness (QED) is 0.650. The Morgan fingerprint density at radius 3 is 2.48 bits per heavy atom. The smallest absolute Gasteiger partial charge is 0.326 e. The van der Waals surface area contributed by atoms with Gasteiger partial charge in [0.2, 0.25) is 0 Å². The third-order valence-electron chi connectivity index (χ3n) is 5.53. The molecule has 0 aromatic heterocycles. The molecule has 0 heterocycles. The van der Waals surface area contributed by atoms with Gasteiger partial charge in [-0.3, -0.25) is 14.4 Å². The summed E-state index contributed by atoms with van der Waals surface area (Å²) in [4.78, 5) is 36.5. The van der Waals surface area contributed by atoms with E-state index < -0.39 is 18.0 Å². The second-order valence-electron chi connectivity index (χ2n) is 7.65. The van der Waals surface area contributed by atoms with Gasteiger partial charge in [0.25, 0.3) is 11.8 Å². The van der Waals surface area contributed by atoms with E-state index in [1.807, 2.05) is 6.92 Å². The molecule has 1 fully saturated rings. The average Bonchev–Trinajstić information content (AvgIpc) is 2.70. The summed E-state index contributed by atoms with van der Waals surface area (Å²) in [5.74, 6) is 0.268. The molecule has 2 N–H and O–H groups in total. The fourth-order valence-electron chi connectivity index (χ4n) is 3.50. The van der Waals surface area contributed by atoms with Crippen molar-refractivity contribution in [1.82, 2.24) is 10.6 Å². The molecular formula is C22H32N2O5.